The molecule has 0 bridgehead atoms. The van der Waals surface area contributed by atoms with Crippen LogP contribution in [0.25, 0.3) is 10.8 Å². The summed E-state index contributed by atoms with van der Waals surface area (Å²) in [5, 5.41) is 12.7. The first-order chi connectivity index (χ1) is 22.1. The molecule has 0 saturated carbocycles. The van der Waals surface area contributed by atoms with Crippen molar-refractivity contribution in [3.63, 3.8) is 0 Å². The molecule has 4 amide bonds. The molecule has 0 unspecified atom stereocenters. The Balaban J connectivity index is 1.17. The Labute approximate surface area is 263 Å². The zero-order valence-electron chi connectivity index (χ0n) is 25.5. The van der Waals surface area contributed by atoms with Gasteiger partial charge in [0.05, 0.1) is 12.2 Å². The molecule has 14 nitrogen and oxygen atoms in total. The van der Waals surface area contributed by atoms with E-state index >= 15 is 0 Å². The molecule has 4 N–H and O–H groups in total. The highest BCUT2D eigenvalue weighted by molar-refractivity contribution is 6.08. The third kappa shape index (κ3) is 7.26. The van der Waals surface area contributed by atoms with Gasteiger partial charge in [-0.05, 0) is 41.8 Å². The Morgan fingerprint density at radius 3 is 2.17 bits per heavy atom. The normalized spacial score (nSPS) is 11.0. The molecular formula is C32H32N8O6. The smallest absolute Gasteiger partial charge is 0.287 e. The number of imidazole rings is 1. The molecule has 0 saturated heterocycles. The number of nitrogens with one attached hydrogen (secondary N) is 4. The second kappa shape index (κ2) is 13.8. The Kier molecular flexibility index (Phi) is 9.50. The van der Waals surface area contributed by atoms with E-state index in [1.54, 1.807) is 67.5 Å². The van der Waals surface area contributed by atoms with Gasteiger partial charge in [-0.15, -0.1) is 0 Å². The summed E-state index contributed by atoms with van der Waals surface area (Å²) in [6.07, 6.45) is 4.18. The van der Waals surface area contributed by atoms with Crippen LogP contribution in [0.4, 0.5) is 17.2 Å². The first-order valence-corrected chi connectivity index (χ1v) is 14.1. The van der Waals surface area contributed by atoms with Gasteiger partial charge < -0.3 is 39.9 Å². The fourth-order valence-electron chi connectivity index (χ4n) is 4.61. The topological polar surface area (TPSA) is 170 Å². The lowest BCUT2D eigenvalue weighted by atomic mass is 10.1. The second-order valence-electron chi connectivity index (χ2n) is 10.3. The van der Waals surface area contributed by atoms with Crippen molar-refractivity contribution in [2.45, 2.75) is 6.29 Å². The van der Waals surface area contributed by atoms with E-state index in [1.807, 2.05) is 24.3 Å². The van der Waals surface area contributed by atoms with Crippen LogP contribution >= 0.6 is 0 Å². The van der Waals surface area contributed by atoms with E-state index < -0.39 is 29.9 Å². The number of fused-ring (bicyclic) bond motifs is 1. The Bertz CT molecular complexity index is 1910. The van der Waals surface area contributed by atoms with Crippen LogP contribution in [0, 0.1) is 0 Å². The molecule has 0 spiro atoms. The van der Waals surface area contributed by atoms with Gasteiger partial charge in [-0.25, -0.2) is 4.98 Å². The maximum Gasteiger partial charge on any atom is 0.287 e. The summed E-state index contributed by atoms with van der Waals surface area (Å²) in [6.45, 7) is 0.120. The lowest BCUT2D eigenvalue weighted by Crippen LogP contribution is -2.35. The molecule has 3 aromatic heterocycles. The molecule has 5 aromatic rings. The number of aromatic nitrogens is 4. The number of rotatable bonds is 11. The van der Waals surface area contributed by atoms with E-state index in [4.69, 9.17) is 9.47 Å². The van der Waals surface area contributed by atoms with Gasteiger partial charge in [-0.2, -0.15) is 0 Å². The highest BCUT2D eigenvalue weighted by Crippen LogP contribution is 2.19. The van der Waals surface area contributed by atoms with Crippen molar-refractivity contribution in [1.29, 1.82) is 0 Å². The Morgan fingerprint density at radius 2 is 1.46 bits per heavy atom. The fourth-order valence-corrected chi connectivity index (χ4v) is 4.61. The summed E-state index contributed by atoms with van der Waals surface area (Å²) in [7, 11) is 6.24. The number of hydrogen-bond donors (Lipinski definition) is 4. The van der Waals surface area contributed by atoms with Crippen molar-refractivity contribution >= 4 is 51.6 Å². The molecule has 5 rings (SSSR count). The average Bonchev–Trinajstić information content (AvgIpc) is 3.62. The molecule has 0 aliphatic heterocycles. The summed E-state index contributed by atoms with van der Waals surface area (Å²) < 4.78 is 13.2. The number of benzene rings is 2. The van der Waals surface area contributed by atoms with E-state index in [-0.39, 0.29) is 23.9 Å². The largest absolute Gasteiger partial charge is 0.354 e. The van der Waals surface area contributed by atoms with Gasteiger partial charge in [0.1, 0.15) is 11.4 Å². The van der Waals surface area contributed by atoms with Crippen LogP contribution in [-0.2, 0) is 23.6 Å². The van der Waals surface area contributed by atoms with Crippen LogP contribution < -0.4 is 21.3 Å². The van der Waals surface area contributed by atoms with Crippen molar-refractivity contribution in [2.24, 2.45) is 14.1 Å². The van der Waals surface area contributed by atoms with Crippen molar-refractivity contribution in [2.75, 3.05) is 36.7 Å². The van der Waals surface area contributed by atoms with Gasteiger partial charge in [0.25, 0.3) is 23.6 Å². The standard InChI is InChI=1S/C32H32N8O6/c1-39-17-23(36-30(42)24-13-20-7-5-6-8-21(20)15-33-24)14-25(39)31(43)35-22-11-9-19(10-12-22)29(41)38-26-18-40(2)28(37-26)32(44)34-16-27(45-3)46-4/h5-15,17-18,27H,16H2,1-4H3,(H,34,44)(H,35,43)(H,36,42)(H,38,41). The van der Waals surface area contributed by atoms with Crippen molar-refractivity contribution < 1.29 is 28.7 Å². The number of methoxy groups -OCH3 is 2. The van der Waals surface area contributed by atoms with Crippen LogP contribution in [0.2, 0.25) is 0 Å². The minimum Gasteiger partial charge on any atom is -0.354 e. The Morgan fingerprint density at radius 1 is 0.761 bits per heavy atom. The number of aryl methyl sites for hydroxylation is 2. The minimum atomic E-state index is -0.604. The average molecular weight is 625 g/mol. The zero-order chi connectivity index (χ0) is 32.8. The first-order valence-electron chi connectivity index (χ1n) is 14.1. The minimum absolute atomic E-state index is 0.0908. The lowest BCUT2D eigenvalue weighted by molar-refractivity contribution is -0.0975. The molecule has 0 aliphatic carbocycles. The molecule has 0 fully saturated rings. The summed E-state index contributed by atoms with van der Waals surface area (Å²) in [5.41, 5.74) is 1.76. The van der Waals surface area contributed by atoms with E-state index in [1.165, 1.54) is 25.0 Å². The number of amides is 4. The van der Waals surface area contributed by atoms with Gasteiger partial charge in [0, 0.05) is 63.5 Å². The van der Waals surface area contributed by atoms with Crippen LogP contribution in [0.1, 0.15) is 42.0 Å². The molecule has 0 atom stereocenters. The molecule has 236 valence electrons. The second-order valence-corrected chi connectivity index (χ2v) is 10.3. The molecule has 0 aliphatic rings. The van der Waals surface area contributed by atoms with E-state index in [9.17, 15) is 19.2 Å². The van der Waals surface area contributed by atoms with E-state index in [0.717, 1.165) is 10.8 Å². The molecule has 3 heterocycles. The summed E-state index contributed by atoms with van der Waals surface area (Å²) >= 11 is 0. The highest BCUT2D eigenvalue weighted by Gasteiger charge is 2.18. The summed E-state index contributed by atoms with van der Waals surface area (Å²) in [4.78, 5) is 59.6. The van der Waals surface area contributed by atoms with Gasteiger partial charge >= 0.3 is 0 Å². The van der Waals surface area contributed by atoms with Crippen molar-refractivity contribution in [1.82, 2.24) is 24.4 Å². The predicted octanol–water partition coefficient (Wildman–Crippen LogP) is 3.41. The van der Waals surface area contributed by atoms with E-state index in [2.05, 4.69) is 31.2 Å². The summed E-state index contributed by atoms with van der Waals surface area (Å²) in [6, 6.07) is 17.1. The summed E-state index contributed by atoms with van der Waals surface area (Å²) in [5.74, 6) is -1.45. The maximum atomic E-state index is 13.0. The van der Waals surface area contributed by atoms with Gasteiger partial charge in [-0.1, -0.05) is 24.3 Å². The Hall–Kier alpha value is -5.86. The van der Waals surface area contributed by atoms with Crippen LogP contribution in [0.5, 0.6) is 0 Å². The van der Waals surface area contributed by atoms with Gasteiger partial charge in [0.15, 0.2) is 12.1 Å². The number of carbonyl (C=O) groups is 4. The third-order valence-electron chi connectivity index (χ3n) is 7.04. The number of anilines is 3. The van der Waals surface area contributed by atoms with Gasteiger partial charge in [0.2, 0.25) is 5.82 Å². The van der Waals surface area contributed by atoms with Crippen molar-refractivity contribution in [3.05, 3.63) is 102 Å². The quantitative estimate of drug-likeness (QED) is 0.162. The number of carbonyl (C=O) groups excluding carboxylic acids is 4. The van der Waals surface area contributed by atoms with Gasteiger partial charge in [-0.3, -0.25) is 24.2 Å². The van der Waals surface area contributed by atoms with Crippen LogP contribution in [-0.4, -0.2) is 69.8 Å². The molecule has 0 radical (unpaired) electrons. The first kappa shape index (κ1) is 31.6. The van der Waals surface area contributed by atoms with Crippen molar-refractivity contribution in [3.8, 4) is 0 Å². The number of pyridine rings is 1. The third-order valence-corrected chi connectivity index (χ3v) is 7.04. The van der Waals surface area contributed by atoms with Crippen LogP contribution in [0.3, 0.4) is 0 Å². The lowest BCUT2D eigenvalue weighted by Gasteiger charge is -2.13. The monoisotopic (exact) mass is 624 g/mol. The fraction of sp³-hybridized carbons (Fsp3) is 0.188. The zero-order valence-corrected chi connectivity index (χ0v) is 25.5. The number of nitrogens with zero attached hydrogens (tertiary/aromatic N) is 4. The highest BCUT2D eigenvalue weighted by atomic mass is 16.7. The molecule has 14 heteroatoms. The number of hydrogen-bond acceptors (Lipinski definition) is 8. The molecule has 2 aromatic carbocycles. The molecular weight excluding hydrogens is 592 g/mol. The van der Waals surface area contributed by atoms with Crippen LogP contribution in [0.15, 0.2) is 79.3 Å². The predicted molar refractivity (Wildman–Crippen MR) is 171 cm³/mol. The number of ether oxygens (including phenoxy) is 2. The SMILES string of the molecule is COC(CNC(=O)c1nc(NC(=O)c2ccc(NC(=O)c3cc(NC(=O)c4cc5ccccc5cn4)cn3C)cc2)cn1C)OC. The maximum absolute atomic E-state index is 13.0. The van der Waals surface area contributed by atoms with E-state index in [0.29, 0.717) is 22.6 Å². The molecule has 46 heavy (non-hydrogen) atoms.